The summed E-state index contributed by atoms with van der Waals surface area (Å²) in [5.41, 5.74) is 4.96. The topological polar surface area (TPSA) is 55.8 Å². The Morgan fingerprint density at radius 1 is 0.913 bits per heavy atom. The van der Waals surface area contributed by atoms with Crippen molar-refractivity contribution in [3.05, 3.63) is 41.0 Å². The molecule has 0 fully saturated rings. The van der Waals surface area contributed by atoms with Crippen LogP contribution in [-0.2, 0) is 11.3 Å². The fourth-order valence-corrected chi connectivity index (χ4v) is 3.41. The number of amides is 1. The standard InChI is InChI=1S/C18H15NO4/c1-9-4-12-11-7-15(23-3)14(22-2)6-10(11)8-19-16(12)13(5-9)17(20)18(19)21/h4-7H,8H2,1-3H3. The molecule has 116 valence electrons. The Balaban J connectivity index is 2.04. The lowest BCUT2D eigenvalue weighted by atomic mass is 9.90. The molecule has 0 N–H and O–H groups in total. The summed E-state index contributed by atoms with van der Waals surface area (Å²) in [7, 11) is 3.17. The molecule has 5 heteroatoms. The number of ether oxygens (including phenoxy) is 2. The number of aryl methyl sites for hydroxylation is 1. The van der Waals surface area contributed by atoms with Crippen LogP contribution in [-0.4, -0.2) is 25.9 Å². The highest BCUT2D eigenvalue weighted by atomic mass is 16.5. The number of fused-ring (bicyclic) bond motifs is 2. The zero-order chi connectivity index (χ0) is 16.3. The van der Waals surface area contributed by atoms with E-state index in [0.717, 1.165) is 22.3 Å². The van der Waals surface area contributed by atoms with Crippen molar-refractivity contribution in [2.75, 3.05) is 19.1 Å². The molecule has 2 heterocycles. The van der Waals surface area contributed by atoms with Gasteiger partial charge in [0.25, 0.3) is 11.7 Å². The SMILES string of the molecule is COc1cc2c(cc1OC)-c1cc(C)cc3c1N(C2)C(=O)C3=O. The van der Waals surface area contributed by atoms with E-state index in [1.807, 2.05) is 25.1 Å². The van der Waals surface area contributed by atoms with Crippen LogP contribution in [0.5, 0.6) is 11.5 Å². The molecule has 5 nitrogen and oxygen atoms in total. The molecule has 2 aromatic carbocycles. The van der Waals surface area contributed by atoms with Gasteiger partial charge in [0.1, 0.15) is 0 Å². The Morgan fingerprint density at radius 2 is 1.57 bits per heavy atom. The molecule has 1 amide bonds. The lowest BCUT2D eigenvalue weighted by Crippen LogP contribution is -2.31. The Kier molecular flexibility index (Phi) is 2.75. The highest BCUT2D eigenvalue weighted by molar-refractivity contribution is 6.53. The van der Waals surface area contributed by atoms with E-state index in [-0.39, 0.29) is 0 Å². The highest BCUT2D eigenvalue weighted by Crippen LogP contribution is 2.48. The monoisotopic (exact) mass is 309 g/mol. The number of carbonyl (C=O) groups is 2. The molecule has 4 rings (SSSR count). The number of carbonyl (C=O) groups excluding carboxylic acids is 2. The van der Waals surface area contributed by atoms with Crippen molar-refractivity contribution in [3.8, 4) is 22.6 Å². The first-order valence-electron chi connectivity index (χ1n) is 7.31. The van der Waals surface area contributed by atoms with Crippen LogP contribution in [0, 0.1) is 6.92 Å². The van der Waals surface area contributed by atoms with Crippen molar-refractivity contribution in [2.24, 2.45) is 0 Å². The van der Waals surface area contributed by atoms with E-state index in [2.05, 4.69) is 0 Å². The Hall–Kier alpha value is -2.82. The van der Waals surface area contributed by atoms with E-state index in [4.69, 9.17) is 9.47 Å². The van der Waals surface area contributed by atoms with Gasteiger partial charge < -0.3 is 9.47 Å². The number of rotatable bonds is 2. The molecule has 0 bridgehead atoms. The van der Waals surface area contributed by atoms with E-state index < -0.39 is 11.7 Å². The second-order valence-corrected chi connectivity index (χ2v) is 5.79. The van der Waals surface area contributed by atoms with E-state index in [1.54, 1.807) is 25.2 Å². The molecule has 2 aromatic rings. The van der Waals surface area contributed by atoms with Crippen LogP contribution in [0.15, 0.2) is 24.3 Å². The third kappa shape index (κ3) is 1.73. The van der Waals surface area contributed by atoms with Gasteiger partial charge in [-0.3, -0.25) is 14.5 Å². The van der Waals surface area contributed by atoms with Crippen molar-refractivity contribution in [2.45, 2.75) is 13.5 Å². The maximum absolute atomic E-state index is 12.3. The van der Waals surface area contributed by atoms with E-state index in [9.17, 15) is 9.59 Å². The van der Waals surface area contributed by atoms with E-state index in [0.29, 0.717) is 29.3 Å². The third-order valence-electron chi connectivity index (χ3n) is 4.44. The van der Waals surface area contributed by atoms with Gasteiger partial charge in [-0.2, -0.15) is 0 Å². The van der Waals surface area contributed by atoms with Gasteiger partial charge in [-0.25, -0.2) is 0 Å². The van der Waals surface area contributed by atoms with Crippen LogP contribution in [0.3, 0.4) is 0 Å². The summed E-state index contributed by atoms with van der Waals surface area (Å²) in [6.07, 6.45) is 0. The summed E-state index contributed by atoms with van der Waals surface area (Å²) in [6.45, 7) is 2.29. The van der Waals surface area contributed by atoms with Crippen molar-refractivity contribution in [1.29, 1.82) is 0 Å². The second kappa shape index (κ2) is 4.59. The fourth-order valence-electron chi connectivity index (χ4n) is 3.41. The Bertz CT molecular complexity index is 885. The molecular formula is C18H15NO4. The number of hydrogen-bond acceptors (Lipinski definition) is 4. The van der Waals surface area contributed by atoms with Gasteiger partial charge in [-0.05, 0) is 47.9 Å². The maximum Gasteiger partial charge on any atom is 0.299 e. The van der Waals surface area contributed by atoms with E-state index >= 15 is 0 Å². The van der Waals surface area contributed by atoms with Gasteiger partial charge in [0.15, 0.2) is 11.5 Å². The van der Waals surface area contributed by atoms with Crippen LogP contribution in [0.1, 0.15) is 21.5 Å². The summed E-state index contributed by atoms with van der Waals surface area (Å²) in [5.74, 6) is 0.343. The first kappa shape index (κ1) is 13.8. The van der Waals surface area contributed by atoms with Crippen LogP contribution >= 0.6 is 0 Å². The van der Waals surface area contributed by atoms with Crippen LogP contribution < -0.4 is 14.4 Å². The average Bonchev–Trinajstić information content (AvgIpc) is 2.79. The van der Waals surface area contributed by atoms with Gasteiger partial charge >= 0.3 is 0 Å². The predicted molar refractivity (Wildman–Crippen MR) is 85.2 cm³/mol. The minimum absolute atomic E-state index is 0.364. The molecule has 2 aliphatic rings. The van der Waals surface area contributed by atoms with Crippen molar-refractivity contribution >= 4 is 17.4 Å². The normalized spacial score (nSPS) is 14.7. The van der Waals surface area contributed by atoms with Crippen LogP contribution in [0.4, 0.5) is 5.69 Å². The molecule has 0 unspecified atom stereocenters. The molecule has 0 spiro atoms. The molecular weight excluding hydrogens is 294 g/mol. The molecule has 0 atom stereocenters. The molecule has 0 aliphatic carbocycles. The number of methoxy groups -OCH3 is 2. The molecule has 23 heavy (non-hydrogen) atoms. The second-order valence-electron chi connectivity index (χ2n) is 5.79. The van der Waals surface area contributed by atoms with Gasteiger partial charge in [-0.1, -0.05) is 0 Å². The molecule has 0 aromatic heterocycles. The lowest BCUT2D eigenvalue weighted by Gasteiger charge is -2.28. The summed E-state index contributed by atoms with van der Waals surface area (Å²) >= 11 is 0. The number of ketones is 1. The van der Waals surface area contributed by atoms with Gasteiger partial charge in [0, 0.05) is 5.56 Å². The van der Waals surface area contributed by atoms with Gasteiger partial charge in [0.2, 0.25) is 0 Å². The Morgan fingerprint density at radius 3 is 2.26 bits per heavy atom. The van der Waals surface area contributed by atoms with Crippen molar-refractivity contribution in [1.82, 2.24) is 0 Å². The zero-order valence-electron chi connectivity index (χ0n) is 13.1. The average molecular weight is 309 g/mol. The van der Waals surface area contributed by atoms with Crippen LogP contribution in [0.25, 0.3) is 11.1 Å². The number of hydrogen-bond donors (Lipinski definition) is 0. The number of nitrogens with zero attached hydrogens (tertiary/aromatic N) is 1. The number of Topliss-reactive ketones (excluding diaryl/α,β-unsaturated/α-hetero) is 1. The molecule has 2 aliphatic heterocycles. The molecule has 0 saturated heterocycles. The first-order chi connectivity index (χ1) is 11.0. The molecule has 0 saturated carbocycles. The summed E-state index contributed by atoms with van der Waals surface area (Å²) < 4.78 is 10.7. The smallest absolute Gasteiger partial charge is 0.299 e. The largest absolute Gasteiger partial charge is 0.493 e. The van der Waals surface area contributed by atoms with Gasteiger partial charge in [-0.15, -0.1) is 0 Å². The fraction of sp³-hybridized carbons (Fsp3) is 0.222. The zero-order valence-corrected chi connectivity index (χ0v) is 13.1. The summed E-state index contributed by atoms with van der Waals surface area (Å²) in [6, 6.07) is 7.56. The van der Waals surface area contributed by atoms with Gasteiger partial charge in [0.05, 0.1) is 32.0 Å². The lowest BCUT2D eigenvalue weighted by molar-refractivity contribution is -0.114. The maximum atomic E-state index is 12.3. The van der Waals surface area contributed by atoms with Crippen LogP contribution in [0.2, 0.25) is 0 Å². The minimum atomic E-state index is -0.465. The highest BCUT2D eigenvalue weighted by Gasteiger charge is 2.41. The first-order valence-corrected chi connectivity index (χ1v) is 7.31. The van der Waals surface area contributed by atoms with E-state index in [1.165, 1.54) is 0 Å². The third-order valence-corrected chi connectivity index (χ3v) is 4.44. The quantitative estimate of drug-likeness (QED) is 0.800. The predicted octanol–water partition coefficient (Wildman–Crippen LogP) is 2.72. The minimum Gasteiger partial charge on any atom is -0.493 e. The molecule has 0 radical (unpaired) electrons. The summed E-state index contributed by atoms with van der Waals surface area (Å²) in [4.78, 5) is 26.1. The van der Waals surface area contributed by atoms with Crippen molar-refractivity contribution < 1.29 is 19.1 Å². The number of anilines is 1. The Labute approximate surface area is 133 Å². The number of benzene rings is 2. The summed E-state index contributed by atoms with van der Waals surface area (Å²) in [5, 5.41) is 0. The van der Waals surface area contributed by atoms with Crippen molar-refractivity contribution in [3.63, 3.8) is 0 Å².